The Morgan fingerprint density at radius 1 is 0.871 bits per heavy atom. The first kappa shape index (κ1) is 20.1. The van der Waals surface area contributed by atoms with Gasteiger partial charge in [0.05, 0.1) is 6.61 Å². The van der Waals surface area contributed by atoms with Crippen LogP contribution in [0.4, 0.5) is 0 Å². The quantitative estimate of drug-likeness (QED) is 0.560. The number of fused-ring (bicyclic) bond motifs is 1. The van der Waals surface area contributed by atoms with Gasteiger partial charge in [0.1, 0.15) is 11.5 Å². The van der Waals surface area contributed by atoms with E-state index >= 15 is 0 Å². The summed E-state index contributed by atoms with van der Waals surface area (Å²) in [7, 11) is 0. The predicted octanol–water partition coefficient (Wildman–Crippen LogP) is 5.73. The number of benzene rings is 3. The van der Waals surface area contributed by atoms with E-state index in [0.717, 1.165) is 17.7 Å². The molecule has 0 saturated carbocycles. The van der Waals surface area contributed by atoms with Crippen LogP contribution in [0.15, 0.2) is 72.8 Å². The van der Waals surface area contributed by atoms with E-state index < -0.39 is 0 Å². The number of hydrogen-bond acceptors (Lipinski definition) is 3. The zero-order chi connectivity index (χ0) is 21.0. The van der Waals surface area contributed by atoms with Crippen molar-refractivity contribution in [2.45, 2.75) is 37.5 Å². The lowest BCUT2D eigenvalue weighted by atomic mass is 9.75. The lowest BCUT2D eigenvalue weighted by Crippen LogP contribution is -2.25. The SMILES string of the molecule is Oc1ccc2c(c1)OC[C@@H](c1ccccc1)[C@H]2c1ccc(CCCN2CCCC2)cc1. The minimum Gasteiger partial charge on any atom is -0.508 e. The number of likely N-dealkylation sites (tertiary alicyclic amines) is 1. The lowest BCUT2D eigenvalue weighted by Gasteiger charge is -2.34. The molecule has 0 unspecified atom stereocenters. The number of nitrogens with zero attached hydrogens (tertiary/aromatic N) is 1. The molecule has 0 spiro atoms. The highest BCUT2D eigenvalue weighted by Crippen LogP contribution is 2.46. The van der Waals surface area contributed by atoms with Gasteiger partial charge in [0.15, 0.2) is 0 Å². The molecule has 0 radical (unpaired) electrons. The van der Waals surface area contributed by atoms with Crippen molar-refractivity contribution in [1.82, 2.24) is 4.90 Å². The summed E-state index contributed by atoms with van der Waals surface area (Å²) in [6, 6.07) is 25.4. The van der Waals surface area contributed by atoms with E-state index in [1.54, 1.807) is 12.1 Å². The first-order valence-corrected chi connectivity index (χ1v) is 11.6. The molecular weight excluding hydrogens is 382 g/mol. The highest BCUT2D eigenvalue weighted by molar-refractivity contribution is 5.50. The molecule has 3 aromatic carbocycles. The Bertz CT molecular complexity index is 993. The van der Waals surface area contributed by atoms with Crippen molar-refractivity contribution in [2.75, 3.05) is 26.2 Å². The third-order valence-corrected chi connectivity index (χ3v) is 6.86. The van der Waals surface area contributed by atoms with Crippen LogP contribution in [0.1, 0.15) is 53.4 Å². The second-order valence-corrected chi connectivity index (χ2v) is 8.92. The molecule has 0 bridgehead atoms. The van der Waals surface area contributed by atoms with Crippen molar-refractivity contribution in [1.29, 1.82) is 0 Å². The van der Waals surface area contributed by atoms with Crippen molar-refractivity contribution in [3.05, 3.63) is 95.1 Å². The van der Waals surface area contributed by atoms with Gasteiger partial charge in [0, 0.05) is 23.5 Å². The second kappa shape index (κ2) is 9.15. The highest BCUT2D eigenvalue weighted by Gasteiger charge is 2.33. The van der Waals surface area contributed by atoms with Crippen LogP contribution in [0.3, 0.4) is 0 Å². The van der Waals surface area contributed by atoms with Crippen LogP contribution in [0, 0.1) is 0 Å². The predicted molar refractivity (Wildman–Crippen MR) is 125 cm³/mol. The molecular formula is C28H31NO2. The van der Waals surface area contributed by atoms with Crippen LogP contribution in [0.2, 0.25) is 0 Å². The summed E-state index contributed by atoms with van der Waals surface area (Å²) in [5.41, 5.74) is 5.17. The number of phenolic OH excluding ortho intramolecular Hbond substituents is 1. The molecule has 2 aliphatic heterocycles. The largest absolute Gasteiger partial charge is 0.508 e. The normalized spacial score (nSPS) is 20.9. The van der Waals surface area contributed by atoms with E-state index in [9.17, 15) is 5.11 Å². The average molecular weight is 414 g/mol. The van der Waals surface area contributed by atoms with Crippen LogP contribution in [0.5, 0.6) is 11.5 Å². The van der Waals surface area contributed by atoms with E-state index in [4.69, 9.17) is 4.74 Å². The highest BCUT2D eigenvalue weighted by atomic mass is 16.5. The topological polar surface area (TPSA) is 32.7 Å². The Morgan fingerprint density at radius 3 is 2.42 bits per heavy atom. The smallest absolute Gasteiger partial charge is 0.126 e. The minimum absolute atomic E-state index is 0.213. The summed E-state index contributed by atoms with van der Waals surface area (Å²) in [4.78, 5) is 2.59. The van der Waals surface area contributed by atoms with Crippen LogP contribution < -0.4 is 4.74 Å². The molecule has 2 aliphatic rings. The minimum atomic E-state index is 0.213. The molecule has 160 valence electrons. The third kappa shape index (κ3) is 4.47. The van der Waals surface area contributed by atoms with Crippen LogP contribution in [-0.4, -0.2) is 36.2 Å². The molecule has 3 aromatic rings. The Labute approximate surface area is 185 Å². The van der Waals surface area contributed by atoms with E-state index in [0.29, 0.717) is 6.61 Å². The van der Waals surface area contributed by atoms with Gasteiger partial charge >= 0.3 is 0 Å². The Morgan fingerprint density at radius 2 is 1.65 bits per heavy atom. The van der Waals surface area contributed by atoms with Gasteiger partial charge in [-0.1, -0.05) is 60.7 Å². The summed E-state index contributed by atoms with van der Waals surface area (Å²) < 4.78 is 6.08. The molecule has 1 fully saturated rings. The number of hydrogen-bond donors (Lipinski definition) is 1. The van der Waals surface area contributed by atoms with Crippen molar-refractivity contribution >= 4 is 0 Å². The molecule has 2 atom stereocenters. The maximum atomic E-state index is 9.94. The monoisotopic (exact) mass is 413 g/mol. The van der Waals surface area contributed by atoms with E-state index in [1.807, 2.05) is 6.07 Å². The zero-order valence-corrected chi connectivity index (χ0v) is 18.0. The third-order valence-electron chi connectivity index (χ3n) is 6.86. The molecule has 3 heteroatoms. The molecule has 2 heterocycles. The number of aryl methyl sites for hydroxylation is 1. The molecule has 5 rings (SSSR count). The molecule has 0 aromatic heterocycles. The molecule has 0 amide bonds. The Balaban J connectivity index is 1.38. The summed E-state index contributed by atoms with van der Waals surface area (Å²) >= 11 is 0. The fraction of sp³-hybridized carbons (Fsp3) is 0.357. The van der Waals surface area contributed by atoms with Gasteiger partial charge in [0.25, 0.3) is 0 Å². The lowest BCUT2D eigenvalue weighted by molar-refractivity contribution is 0.248. The average Bonchev–Trinajstić information content (AvgIpc) is 3.33. The molecule has 1 N–H and O–H groups in total. The van der Waals surface area contributed by atoms with E-state index in [-0.39, 0.29) is 17.6 Å². The number of aromatic hydroxyl groups is 1. The van der Waals surface area contributed by atoms with Gasteiger partial charge in [0.2, 0.25) is 0 Å². The molecule has 3 nitrogen and oxygen atoms in total. The van der Waals surface area contributed by atoms with Gasteiger partial charge in [-0.05, 0) is 68.1 Å². The fourth-order valence-electron chi connectivity index (χ4n) is 5.20. The van der Waals surface area contributed by atoms with E-state index in [1.165, 1.54) is 55.6 Å². The van der Waals surface area contributed by atoms with Gasteiger partial charge in [-0.3, -0.25) is 0 Å². The number of phenols is 1. The molecule has 31 heavy (non-hydrogen) atoms. The first-order chi connectivity index (χ1) is 15.3. The zero-order valence-electron chi connectivity index (χ0n) is 18.0. The Hall–Kier alpha value is -2.78. The van der Waals surface area contributed by atoms with Crippen molar-refractivity contribution in [3.63, 3.8) is 0 Å². The standard InChI is InChI=1S/C28H31NO2/c30-24-14-15-25-27(19-24)31-20-26(22-8-2-1-3-9-22)28(25)23-12-10-21(11-13-23)7-6-18-29-16-4-5-17-29/h1-3,8-15,19,26,28,30H,4-7,16-18,20H2/t26-,28-/m0/s1. The summed E-state index contributed by atoms with van der Waals surface area (Å²) in [5.74, 6) is 1.51. The molecule has 1 saturated heterocycles. The van der Waals surface area contributed by atoms with E-state index in [2.05, 4.69) is 59.5 Å². The fourth-order valence-corrected chi connectivity index (χ4v) is 5.20. The van der Waals surface area contributed by atoms with Crippen molar-refractivity contribution < 1.29 is 9.84 Å². The van der Waals surface area contributed by atoms with Gasteiger partial charge in [-0.2, -0.15) is 0 Å². The maximum absolute atomic E-state index is 9.94. The number of rotatable bonds is 6. The first-order valence-electron chi connectivity index (χ1n) is 11.6. The van der Waals surface area contributed by atoms with Gasteiger partial charge in [-0.25, -0.2) is 0 Å². The van der Waals surface area contributed by atoms with Crippen LogP contribution in [-0.2, 0) is 6.42 Å². The van der Waals surface area contributed by atoms with Crippen molar-refractivity contribution in [2.24, 2.45) is 0 Å². The summed E-state index contributed by atoms with van der Waals surface area (Å²) in [6.07, 6.45) is 5.09. The maximum Gasteiger partial charge on any atom is 0.126 e. The molecule has 0 aliphatic carbocycles. The summed E-state index contributed by atoms with van der Waals surface area (Å²) in [6.45, 7) is 4.38. The van der Waals surface area contributed by atoms with Crippen LogP contribution >= 0.6 is 0 Å². The second-order valence-electron chi connectivity index (χ2n) is 8.92. The number of ether oxygens (including phenoxy) is 1. The van der Waals surface area contributed by atoms with Gasteiger partial charge in [-0.15, -0.1) is 0 Å². The summed E-state index contributed by atoms with van der Waals surface area (Å²) in [5, 5.41) is 9.94. The Kier molecular flexibility index (Phi) is 5.95. The van der Waals surface area contributed by atoms with Crippen LogP contribution in [0.25, 0.3) is 0 Å². The van der Waals surface area contributed by atoms with Gasteiger partial charge < -0.3 is 14.7 Å². The van der Waals surface area contributed by atoms with Crippen molar-refractivity contribution in [3.8, 4) is 11.5 Å².